The fraction of sp³-hybridized carbons (Fsp3) is 0.562. The molecule has 1 fully saturated rings. The highest BCUT2D eigenvalue weighted by atomic mass is 16.5. The van der Waals surface area contributed by atoms with Crippen LogP contribution in [0.5, 0.6) is 0 Å². The summed E-state index contributed by atoms with van der Waals surface area (Å²) < 4.78 is 6.28. The number of hydrogen-bond donors (Lipinski definition) is 1. The second-order valence-electron chi connectivity index (χ2n) is 6.09. The Bertz CT molecular complexity index is 730. The quantitative estimate of drug-likeness (QED) is 0.885. The fourth-order valence-electron chi connectivity index (χ4n) is 2.71. The van der Waals surface area contributed by atoms with Gasteiger partial charge in [-0.05, 0) is 26.2 Å². The molecule has 1 unspecified atom stereocenters. The van der Waals surface area contributed by atoms with Crippen LogP contribution in [0.4, 0.5) is 5.82 Å². The molecule has 0 aromatic carbocycles. The molecule has 0 spiro atoms. The second kappa shape index (κ2) is 6.64. The van der Waals surface area contributed by atoms with Gasteiger partial charge in [-0.15, -0.1) is 0 Å². The number of hydrogen-bond acceptors (Lipinski definition) is 5. The lowest BCUT2D eigenvalue weighted by molar-refractivity contribution is -0.120. The Balaban J connectivity index is 1.94. The van der Waals surface area contributed by atoms with Crippen molar-refractivity contribution < 1.29 is 14.3 Å². The summed E-state index contributed by atoms with van der Waals surface area (Å²) in [5.74, 6) is 0.253. The SMILES string of the molecule is CCC1C(=O)N=C(n2nc(C3CC3)cc2NC(=O)COC)N=C1C. The van der Waals surface area contributed by atoms with Gasteiger partial charge in [-0.2, -0.15) is 14.8 Å². The van der Waals surface area contributed by atoms with E-state index in [1.165, 1.54) is 11.8 Å². The summed E-state index contributed by atoms with van der Waals surface area (Å²) in [5.41, 5.74) is 1.59. The normalized spacial score (nSPS) is 20.6. The Morgan fingerprint density at radius 3 is 2.75 bits per heavy atom. The molecule has 8 heteroatoms. The minimum Gasteiger partial charge on any atom is -0.375 e. The minimum absolute atomic E-state index is 0.0600. The zero-order valence-corrected chi connectivity index (χ0v) is 14.1. The van der Waals surface area contributed by atoms with Crippen molar-refractivity contribution in [2.24, 2.45) is 15.9 Å². The highest BCUT2D eigenvalue weighted by Crippen LogP contribution is 2.40. The highest BCUT2D eigenvalue weighted by Gasteiger charge is 2.30. The van der Waals surface area contributed by atoms with Crippen LogP contribution in [-0.2, 0) is 14.3 Å². The first-order chi connectivity index (χ1) is 11.5. The molecule has 1 aliphatic heterocycles. The monoisotopic (exact) mass is 331 g/mol. The molecule has 0 saturated heterocycles. The molecular formula is C16H21N5O3. The van der Waals surface area contributed by atoms with Crippen molar-refractivity contribution in [1.29, 1.82) is 0 Å². The van der Waals surface area contributed by atoms with E-state index in [-0.39, 0.29) is 30.3 Å². The molecule has 2 amide bonds. The Morgan fingerprint density at radius 2 is 2.17 bits per heavy atom. The number of aromatic nitrogens is 2. The first-order valence-corrected chi connectivity index (χ1v) is 8.10. The zero-order valence-electron chi connectivity index (χ0n) is 14.1. The van der Waals surface area contributed by atoms with Crippen LogP contribution < -0.4 is 5.32 Å². The van der Waals surface area contributed by atoms with Crippen molar-refractivity contribution in [2.45, 2.75) is 39.0 Å². The molecule has 1 atom stereocenters. The van der Waals surface area contributed by atoms with Crippen molar-refractivity contribution in [3.8, 4) is 0 Å². The smallest absolute Gasteiger partial charge is 0.257 e. The maximum atomic E-state index is 12.2. The van der Waals surface area contributed by atoms with Gasteiger partial charge in [0.2, 0.25) is 0 Å². The van der Waals surface area contributed by atoms with Gasteiger partial charge in [0, 0.05) is 24.8 Å². The van der Waals surface area contributed by atoms with Crippen LogP contribution in [0.2, 0.25) is 0 Å². The molecule has 128 valence electrons. The molecule has 0 bridgehead atoms. The molecular weight excluding hydrogens is 310 g/mol. The average molecular weight is 331 g/mol. The van der Waals surface area contributed by atoms with E-state index in [1.807, 2.05) is 19.9 Å². The van der Waals surface area contributed by atoms with Crippen molar-refractivity contribution >= 4 is 29.3 Å². The molecule has 1 aromatic rings. The number of carbonyl (C=O) groups is 2. The summed E-state index contributed by atoms with van der Waals surface area (Å²) in [5, 5.41) is 7.24. The topological polar surface area (TPSA) is 97.9 Å². The van der Waals surface area contributed by atoms with E-state index in [9.17, 15) is 9.59 Å². The van der Waals surface area contributed by atoms with Crippen molar-refractivity contribution in [3.63, 3.8) is 0 Å². The maximum Gasteiger partial charge on any atom is 0.257 e. The van der Waals surface area contributed by atoms with Gasteiger partial charge in [0.25, 0.3) is 17.8 Å². The van der Waals surface area contributed by atoms with Gasteiger partial charge in [-0.25, -0.2) is 4.99 Å². The van der Waals surface area contributed by atoms with Crippen LogP contribution in [0, 0.1) is 5.92 Å². The number of methoxy groups -OCH3 is 1. The summed E-state index contributed by atoms with van der Waals surface area (Å²) in [6, 6.07) is 1.81. The van der Waals surface area contributed by atoms with E-state index in [4.69, 9.17) is 4.74 Å². The van der Waals surface area contributed by atoms with Gasteiger partial charge in [0.15, 0.2) is 0 Å². The summed E-state index contributed by atoms with van der Waals surface area (Å²) in [6.07, 6.45) is 2.82. The lowest BCUT2D eigenvalue weighted by Crippen LogP contribution is -2.30. The number of nitrogens with zero attached hydrogens (tertiary/aromatic N) is 4. The standard InChI is InChI=1S/C16H21N5O3/c1-4-11-9(2)17-16(19-15(11)23)21-13(18-14(22)8-24-3)7-12(20-21)10-5-6-10/h7,10-11H,4-6,8H2,1-3H3,(H,18,22). The molecule has 2 heterocycles. The lowest BCUT2D eigenvalue weighted by atomic mass is 10.00. The predicted octanol–water partition coefficient (Wildman–Crippen LogP) is 1.58. The number of rotatable bonds is 5. The molecule has 24 heavy (non-hydrogen) atoms. The first-order valence-electron chi connectivity index (χ1n) is 8.10. The van der Waals surface area contributed by atoms with Gasteiger partial charge in [0.1, 0.15) is 12.4 Å². The molecule has 3 rings (SSSR count). The van der Waals surface area contributed by atoms with Gasteiger partial charge >= 0.3 is 0 Å². The van der Waals surface area contributed by atoms with E-state index in [1.54, 1.807) is 0 Å². The minimum atomic E-state index is -0.295. The van der Waals surface area contributed by atoms with E-state index < -0.39 is 0 Å². The van der Waals surface area contributed by atoms with Crippen LogP contribution in [0.1, 0.15) is 44.7 Å². The summed E-state index contributed by atoms with van der Waals surface area (Å²) >= 11 is 0. The highest BCUT2D eigenvalue weighted by molar-refractivity contribution is 6.15. The maximum absolute atomic E-state index is 12.2. The molecule has 0 radical (unpaired) electrons. The second-order valence-corrected chi connectivity index (χ2v) is 6.09. The van der Waals surface area contributed by atoms with Crippen LogP contribution >= 0.6 is 0 Å². The largest absolute Gasteiger partial charge is 0.375 e. The third kappa shape index (κ3) is 3.28. The Kier molecular flexibility index (Phi) is 4.57. The lowest BCUT2D eigenvalue weighted by Gasteiger charge is -2.17. The average Bonchev–Trinajstić information content (AvgIpc) is 3.29. The number of anilines is 1. The van der Waals surface area contributed by atoms with Crippen LogP contribution in [0.3, 0.4) is 0 Å². The molecule has 8 nitrogen and oxygen atoms in total. The summed E-state index contributed by atoms with van der Waals surface area (Å²) in [7, 11) is 1.45. The van der Waals surface area contributed by atoms with Gasteiger partial charge in [-0.3, -0.25) is 9.59 Å². The number of aliphatic imine (C=N–C) groups is 2. The van der Waals surface area contributed by atoms with Crippen molar-refractivity contribution in [3.05, 3.63) is 11.8 Å². The van der Waals surface area contributed by atoms with E-state index in [0.717, 1.165) is 18.5 Å². The summed E-state index contributed by atoms with van der Waals surface area (Å²) in [6.45, 7) is 3.68. The third-order valence-electron chi connectivity index (χ3n) is 4.15. The fourth-order valence-corrected chi connectivity index (χ4v) is 2.71. The molecule has 1 aliphatic carbocycles. The van der Waals surface area contributed by atoms with Gasteiger partial charge < -0.3 is 10.1 Å². The van der Waals surface area contributed by atoms with Crippen LogP contribution in [0.15, 0.2) is 16.1 Å². The Labute approximate surface area is 140 Å². The van der Waals surface area contributed by atoms with E-state index >= 15 is 0 Å². The Morgan fingerprint density at radius 1 is 1.42 bits per heavy atom. The number of amides is 2. The van der Waals surface area contributed by atoms with Crippen molar-refractivity contribution in [2.75, 3.05) is 19.0 Å². The molecule has 1 saturated carbocycles. The first kappa shape index (κ1) is 16.5. The third-order valence-corrected chi connectivity index (χ3v) is 4.15. The molecule has 1 N–H and O–H groups in total. The van der Waals surface area contributed by atoms with E-state index in [2.05, 4.69) is 20.4 Å². The van der Waals surface area contributed by atoms with E-state index in [0.29, 0.717) is 23.9 Å². The summed E-state index contributed by atoms with van der Waals surface area (Å²) in [4.78, 5) is 32.5. The number of carbonyl (C=O) groups excluding carboxylic acids is 2. The number of nitrogens with one attached hydrogen (secondary N) is 1. The predicted molar refractivity (Wildman–Crippen MR) is 89.4 cm³/mol. The zero-order chi connectivity index (χ0) is 17.3. The van der Waals surface area contributed by atoms with Crippen LogP contribution in [-0.4, -0.2) is 47.0 Å². The number of ether oxygens (including phenoxy) is 1. The molecule has 1 aromatic heterocycles. The van der Waals surface area contributed by atoms with Gasteiger partial charge in [0.05, 0.1) is 11.6 Å². The molecule has 2 aliphatic rings. The van der Waals surface area contributed by atoms with Gasteiger partial charge in [-0.1, -0.05) is 6.92 Å². The van der Waals surface area contributed by atoms with Crippen molar-refractivity contribution in [1.82, 2.24) is 9.78 Å². The van der Waals surface area contributed by atoms with Crippen LogP contribution in [0.25, 0.3) is 0 Å². The Hall–Kier alpha value is -2.35.